The fourth-order valence-electron chi connectivity index (χ4n) is 0.915. The first-order valence-electron chi connectivity index (χ1n) is 3.79. The molecule has 2 unspecified atom stereocenters. The quantitative estimate of drug-likeness (QED) is 0.678. The highest BCUT2D eigenvalue weighted by atomic mass is 32.4. The third-order valence-electron chi connectivity index (χ3n) is 1.47. The van der Waals surface area contributed by atoms with E-state index in [9.17, 15) is 0 Å². The van der Waals surface area contributed by atoms with Crippen molar-refractivity contribution in [3.8, 4) is 0 Å². The molecule has 1 rings (SSSR count). The van der Waals surface area contributed by atoms with Gasteiger partial charge < -0.3 is 0 Å². The molecule has 64 valence electrons. The van der Waals surface area contributed by atoms with Gasteiger partial charge in [0.1, 0.15) is 0 Å². The van der Waals surface area contributed by atoms with Crippen molar-refractivity contribution in [1.82, 2.24) is 0 Å². The van der Waals surface area contributed by atoms with Crippen molar-refractivity contribution in [3.05, 3.63) is 35.9 Å². The lowest BCUT2D eigenvalue weighted by molar-refractivity contribution is 0.984. The molecule has 0 aliphatic carbocycles. The van der Waals surface area contributed by atoms with Crippen LogP contribution < -0.4 is 0 Å². The Hall–Kier alpha value is 0.180. The maximum absolute atomic E-state index is 4.35. The molecule has 0 heterocycles. The van der Waals surface area contributed by atoms with Gasteiger partial charge in [0.15, 0.2) is 0 Å². The molecule has 1 aromatic carbocycles. The summed E-state index contributed by atoms with van der Waals surface area (Å²) in [5.74, 6) is 0. The van der Waals surface area contributed by atoms with Gasteiger partial charge in [0.25, 0.3) is 0 Å². The van der Waals surface area contributed by atoms with Gasteiger partial charge in [-0.05, 0) is 19.9 Å². The number of rotatable bonds is 4. The van der Waals surface area contributed by atoms with Crippen LogP contribution in [0, 0.1) is 0 Å². The first-order chi connectivity index (χ1) is 5.93. The summed E-state index contributed by atoms with van der Waals surface area (Å²) in [6, 6.07) is 10.5. The predicted molar refractivity (Wildman–Crippen MR) is 62.4 cm³/mol. The fourth-order valence-corrected chi connectivity index (χ4v) is 2.48. The molecule has 0 aliphatic heterocycles. The van der Waals surface area contributed by atoms with Gasteiger partial charge in [-0.2, -0.15) is 0 Å². The Morgan fingerprint density at radius 2 is 2.08 bits per heavy atom. The van der Waals surface area contributed by atoms with E-state index in [2.05, 4.69) is 37.9 Å². The number of hydrogen-bond acceptors (Lipinski definition) is 1. The number of nitrogens with zero attached hydrogens (tertiary/aromatic N) is 1. The zero-order valence-electron chi connectivity index (χ0n) is 6.77. The summed E-state index contributed by atoms with van der Waals surface area (Å²) in [5, 5.41) is 0. The van der Waals surface area contributed by atoms with E-state index in [1.54, 1.807) is 0 Å². The number of benzene rings is 1. The summed E-state index contributed by atoms with van der Waals surface area (Å²) in [5.41, 5.74) is 1.38. The molecule has 0 N–H and O–H groups in total. The molecule has 0 radical (unpaired) electrons. The molecule has 1 aromatic rings. The molecular formula is C8H12NP3. The van der Waals surface area contributed by atoms with Gasteiger partial charge in [0.2, 0.25) is 0 Å². The second-order valence-electron chi connectivity index (χ2n) is 2.33. The Morgan fingerprint density at radius 1 is 1.33 bits per heavy atom. The summed E-state index contributed by atoms with van der Waals surface area (Å²) in [4.78, 5) is 0. The summed E-state index contributed by atoms with van der Waals surface area (Å²) in [7, 11) is 4.76. The van der Waals surface area contributed by atoms with Crippen molar-refractivity contribution >= 4 is 24.9 Å². The van der Waals surface area contributed by atoms with E-state index >= 15 is 0 Å². The zero-order valence-corrected chi connectivity index (χ0v) is 9.82. The van der Waals surface area contributed by atoms with E-state index in [0.717, 1.165) is 20.9 Å². The predicted octanol–water partition coefficient (Wildman–Crippen LogP) is 3.74. The van der Waals surface area contributed by atoms with Crippen LogP contribution in [0.3, 0.4) is 0 Å². The van der Waals surface area contributed by atoms with Crippen LogP contribution in [0.2, 0.25) is 0 Å². The Bertz CT molecular complexity index is 235. The van der Waals surface area contributed by atoms with Crippen LogP contribution in [0.25, 0.3) is 0 Å². The monoisotopic (exact) mass is 215 g/mol. The minimum absolute atomic E-state index is 0.848. The van der Waals surface area contributed by atoms with E-state index in [0.29, 0.717) is 0 Å². The molecule has 4 heteroatoms. The van der Waals surface area contributed by atoms with Gasteiger partial charge in [-0.1, -0.05) is 30.3 Å². The second-order valence-corrected chi connectivity index (χ2v) is 6.77. The Labute approximate surface area is 79.0 Å². The minimum atomic E-state index is 0.848. The van der Waals surface area contributed by atoms with E-state index in [1.165, 1.54) is 13.6 Å². The summed E-state index contributed by atoms with van der Waals surface area (Å²) in [6.45, 7) is 0.951. The van der Waals surface area contributed by atoms with Crippen LogP contribution in [0.5, 0.6) is 0 Å². The average molecular weight is 215 g/mol. The standard InChI is InChI=1S/C8H12NP3/c10-12-11-9-7-6-8-4-2-1-3-5-8/h1-5,12H,6-7,10H2. The SMILES string of the molecule is PP/P=N/CCc1ccccc1. The van der Waals surface area contributed by atoms with E-state index < -0.39 is 0 Å². The molecule has 12 heavy (non-hydrogen) atoms. The lowest BCUT2D eigenvalue weighted by Crippen LogP contribution is -1.85. The molecular weight excluding hydrogens is 203 g/mol. The topological polar surface area (TPSA) is 12.4 Å². The van der Waals surface area contributed by atoms with Gasteiger partial charge in [0.05, 0.1) is 0 Å². The molecule has 0 amide bonds. The summed E-state index contributed by atoms with van der Waals surface area (Å²) in [6.07, 6.45) is 1.07. The summed E-state index contributed by atoms with van der Waals surface area (Å²) < 4.78 is 4.35. The Kier molecular flexibility index (Phi) is 5.70. The molecule has 0 saturated heterocycles. The lowest BCUT2D eigenvalue weighted by Gasteiger charge is -1.95. The smallest absolute Gasteiger partial charge is 0.0477 e. The van der Waals surface area contributed by atoms with Gasteiger partial charge in [0, 0.05) is 14.6 Å². The highest BCUT2D eigenvalue weighted by Gasteiger charge is 1.87. The van der Waals surface area contributed by atoms with E-state index in [4.69, 9.17) is 0 Å². The van der Waals surface area contributed by atoms with Gasteiger partial charge >= 0.3 is 0 Å². The summed E-state index contributed by atoms with van der Waals surface area (Å²) >= 11 is 0. The second kappa shape index (κ2) is 6.67. The molecule has 0 aliphatic rings. The largest absolute Gasteiger partial charge is 0.264 e. The normalized spacial score (nSPS) is 11.8. The zero-order chi connectivity index (χ0) is 8.65. The van der Waals surface area contributed by atoms with Crippen LogP contribution >= 0.6 is 24.9 Å². The maximum Gasteiger partial charge on any atom is 0.0477 e. The van der Waals surface area contributed by atoms with Crippen molar-refractivity contribution in [2.24, 2.45) is 4.74 Å². The van der Waals surface area contributed by atoms with Crippen molar-refractivity contribution in [2.75, 3.05) is 6.54 Å². The minimum Gasteiger partial charge on any atom is -0.264 e. The molecule has 2 atom stereocenters. The fraction of sp³-hybridized carbons (Fsp3) is 0.250. The van der Waals surface area contributed by atoms with Crippen LogP contribution in [-0.2, 0) is 6.42 Å². The van der Waals surface area contributed by atoms with Crippen molar-refractivity contribution in [1.29, 1.82) is 0 Å². The van der Waals surface area contributed by atoms with Crippen LogP contribution in [0.15, 0.2) is 35.1 Å². The van der Waals surface area contributed by atoms with Gasteiger partial charge in [-0.15, -0.1) is 8.93 Å². The van der Waals surface area contributed by atoms with E-state index in [1.807, 2.05) is 6.07 Å². The third-order valence-corrected chi connectivity index (χ3v) is 3.74. The van der Waals surface area contributed by atoms with Crippen LogP contribution in [-0.4, -0.2) is 6.54 Å². The van der Waals surface area contributed by atoms with Gasteiger partial charge in [-0.25, -0.2) is 0 Å². The molecule has 0 bridgehead atoms. The van der Waals surface area contributed by atoms with Crippen molar-refractivity contribution in [3.63, 3.8) is 0 Å². The molecule has 0 saturated carbocycles. The first kappa shape index (κ1) is 10.3. The Balaban J connectivity index is 2.29. The van der Waals surface area contributed by atoms with E-state index in [-0.39, 0.29) is 0 Å². The number of hydrogen-bond donors (Lipinski definition) is 0. The van der Waals surface area contributed by atoms with Crippen molar-refractivity contribution in [2.45, 2.75) is 6.42 Å². The highest BCUT2D eigenvalue weighted by Crippen LogP contribution is 2.36. The lowest BCUT2D eigenvalue weighted by atomic mass is 10.2. The molecule has 0 spiro atoms. The molecule has 1 nitrogen and oxygen atoms in total. The van der Waals surface area contributed by atoms with Crippen LogP contribution in [0.4, 0.5) is 0 Å². The Morgan fingerprint density at radius 3 is 2.75 bits per heavy atom. The highest BCUT2D eigenvalue weighted by molar-refractivity contribution is 8.36. The average Bonchev–Trinajstić information content (AvgIpc) is 2.14. The molecule has 0 fully saturated rings. The first-order valence-corrected chi connectivity index (χ1v) is 8.29. The van der Waals surface area contributed by atoms with Gasteiger partial charge in [-0.3, -0.25) is 4.74 Å². The van der Waals surface area contributed by atoms with Crippen molar-refractivity contribution < 1.29 is 0 Å². The third kappa shape index (κ3) is 4.27. The molecule has 0 aromatic heterocycles. The maximum atomic E-state index is 4.35. The van der Waals surface area contributed by atoms with Crippen LogP contribution in [0.1, 0.15) is 5.56 Å².